The molecule has 1 saturated carbocycles. The second-order valence-electron chi connectivity index (χ2n) is 7.39. The molecule has 3 amide bonds. The van der Waals surface area contributed by atoms with Gasteiger partial charge >= 0.3 is 5.97 Å². The molecule has 2 fully saturated rings. The molecule has 2 aromatic carbocycles. The van der Waals surface area contributed by atoms with Crippen LogP contribution in [-0.2, 0) is 9.59 Å². The third kappa shape index (κ3) is 3.51. The van der Waals surface area contributed by atoms with Gasteiger partial charge in [0.25, 0.3) is 5.91 Å². The smallest absolute Gasteiger partial charge is 0.335 e. The normalized spacial score (nSPS) is 21.0. The third-order valence-electron chi connectivity index (χ3n) is 5.62. The topological polar surface area (TPSA) is 104 Å². The van der Waals surface area contributed by atoms with Crippen molar-refractivity contribution in [1.82, 2.24) is 0 Å². The molecular weight excluding hydrogens is 372 g/mol. The molecule has 7 nitrogen and oxygen atoms in total. The number of amides is 3. The van der Waals surface area contributed by atoms with Crippen LogP contribution < -0.4 is 10.2 Å². The molecule has 0 unspecified atom stereocenters. The number of carboxylic acid groups (broad SMARTS) is 1. The lowest BCUT2D eigenvalue weighted by atomic mass is 9.81. The molecule has 4 rings (SSSR count). The highest BCUT2D eigenvalue weighted by atomic mass is 16.4. The lowest BCUT2D eigenvalue weighted by Crippen LogP contribution is -2.30. The van der Waals surface area contributed by atoms with Gasteiger partial charge in [-0.2, -0.15) is 0 Å². The van der Waals surface area contributed by atoms with Crippen molar-refractivity contribution in [2.24, 2.45) is 11.8 Å². The maximum Gasteiger partial charge on any atom is 0.335 e. The monoisotopic (exact) mass is 392 g/mol. The van der Waals surface area contributed by atoms with Gasteiger partial charge in [0.2, 0.25) is 11.8 Å². The standard InChI is InChI=1S/C22H20N2O5/c25-19(23-15-9-5-14(6-10-15)22(28)29)13-7-11-16(12-8-13)24-20(26)17-3-1-2-4-18(17)21(24)27/h5-12,17-18H,1-4H2,(H,23,25)(H,28,29)/t17-,18-/m0/s1. The van der Waals surface area contributed by atoms with Crippen molar-refractivity contribution in [3.05, 3.63) is 59.7 Å². The van der Waals surface area contributed by atoms with Crippen molar-refractivity contribution in [3.8, 4) is 0 Å². The molecule has 0 radical (unpaired) electrons. The Morgan fingerprint density at radius 1 is 0.828 bits per heavy atom. The fourth-order valence-electron chi connectivity index (χ4n) is 4.08. The average molecular weight is 392 g/mol. The molecule has 7 heteroatoms. The number of fused-ring (bicyclic) bond motifs is 1. The van der Waals surface area contributed by atoms with Crippen molar-refractivity contribution in [2.75, 3.05) is 10.2 Å². The van der Waals surface area contributed by atoms with Crippen LogP contribution in [0, 0.1) is 11.8 Å². The van der Waals surface area contributed by atoms with Crippen molar-refractivity contribution < 1.29 is 24.3 Å². The Balaban J connectivity index is 1.47. The van der Waals surface area contributed by atoms with Gasteiger partial charge in [0.05, 0.1) is 23.1 Å². The summed E-state index contributed by atoms with van der Waals surface area (Å²) in [5.74, 6) is -2.12. The highest BCUT2D eigenvalue weighted by Gasteiger charge is 2.48. The summed E-state index contributed by atoms with van der Waals surface area (Å²) in [7, 11) is 0. The van der Waals surface area contributed by atoms with Crippen LogP contribution in [0.25, 0.3) is 0 Å². The van der Waals surface area contributed by atoms with Crippen LogP contribution in [-0.4, -0.2) is 28.8 Å². The van der Waals surface area contributed by atoms with E-state index in [0.29, 0.717) is 16.9 Å². The van der Waals surface area contributed by atoms with Crippen LogP contribution in [0.3, 0.4) is 0 Å². The number of hydrogen-bond donors (Lipinski definition) is 2. The Hall–Kier alpha value is -3.48. The Morgan fingerprint density at radius 3 is 1.86 bits per heavy atom. The van der Waals surface area contributed by atoms with E-state index in [1.165, 1.54) is 29.2 Å². The van der Waals surface area contributed by atoms with Gasteiger partial charge in [-0.25, -0.2) is 4.79 Å². The van der Waals surface area contributed by atoms with Gasteiger partial charge in [0.1, 0.15) is 0 Å². The van der Waals surface area contributed by atoms with E-state index in [-0.39, 0.29) is 35.1 Å². The van der Waals surface area contributed by atoms with Gasteiger partial charge in [0, 0.05) is 11.3 Å². The van der Waals surface area contributed by atoms with Crippen molar-refractivity contribution >= 4 is 35.1 Å². The van der Waals surface area contributed by atoms with Crippen LogP contribution in [0.2, 0.25) is 0 Å². The van der Waals surface area contributed by atoms with Crippen LogP contribution >= 0.6 is 0 Å². The fourth-order valence-corrected chi connectivity index (χ4v) is 4.08. The average Bonchev–Trinajstić information content (AvgIpc) is 2.99. The van der Waals surface area contributed by atoms with E-state index in [9.17, 15) is 19.2 Å². The first kappa shape index (κ1) is 18.9. The molecule has 1 saturated heterocycles. The fraction of sp³-hybridized carbons (Fsp3) is 0.273. The van der Waals surface area contributed by atoms with E-state index in [2.05, 4.69) is 5.32 Å². The van der Waals surface area contributed by atoms with Crippen LogP contribution in [0.1, 0.15) is 46.4 Å². The van der Waals surface area contributed by atoms with Gasteiger partial charge in [0.15, 0.2) is 0 Å². The Morgan fingerprint density at radius 2 is 1.34 bits per heavy atom. The molecule has 29 heavy (non-hydrogen) atoms. The molecule has 148 valence electrons. The first-order valence-electron chi connectivity index (χ1n) is 9.58. The molecule has 0 bridgehead atoms. The van der Waals surface area contributed by atoms with Crippen LogP contribution in [0.15, 0.2) is 48.5 Å². The van der Waals surface area contributed by atoms with E-state index in [0.717, 1.165) is 25.7 Å². The number of nitrogens with zero attached hydrogens (tertiary/aromatic N) is 1. The number of benzene rings is 2. The summed E-state index contributed by atoms with van der Waals surface area (Å²) >= 11 is 0. The molecule has 1 heterocycles. The van der Waals surface area contributed by atoms with Gasteiger partial charge < -0.3 is 10.4 Å². The van der Waals surface area contributed by atoms with E-state index >= 15 is 0 Å². The summed E-state index contributed by atoms with van der Waals surface area (Å²) < 4.78 is 0. The molecule has 2 aromatic rings. The Kier molecular flexibility index (Phi) is 4.88. The zero-order valence-corrected chi connectivity index (χ0v) is 15.6. The zero-order chi connectivity index (χ0) is 20.5. The number of carbonyl (C=O) groups is 4. The van der Waals surface area contributed by atoms with Crippen LogP contribution in [0.4, 0.5) is 11.4 Å². The number of carboxylic acids is 1. The summed E-state index contributed by atoms with van der Waals surface area (Å²) in [4.78, 5) is 49.9. The third-order valence-corrected chi connectivity index (χ3v) is 5.62. The number of hydrogen-bond acceptors (Lipinski definition) is 4. The molecular formula is C22H20N2O5. The Bertz CT molecular complexity index is 957. The molecule has 1 aliphatic heterocycles. The maximum atomic E-state index is 12.7. The molecule has 0 aromatic heterocycles. The van der Waals surface area contributed by atoms with E-state index in [4.69, 9.17) is 5.11 Å². The van der Waals surface area contributed by atoms with Crippen molar-refractivity contribution in [1.29, 1.82) is 0 Å². The quantitative estimate of drug-likeness (QED) is 0.777. The van der Waals surface area contributed by atoms with Gasteiger partial charge in [-0.15, -0.1) is 0 Å². The minimum atomic E-state index is -1.04. The van der Waals surface area contributed by atoms with E-state index in [1.807, 2.05) is 0 Å². The molecule has 2 N–H and O–H groups in total. The maximum absolute atomic E-state index is 12.7. The zero-order valence-electron chi connectivity index (χ0n) is 15.6. The van der Waals surface area contributed by atoms with Crippen LogP contribution in [0.5, 0.6) is 0 Å². The number of aromatic carboxylic acids is 1. The predicted molar refractivity (Wildman–Crippen MR) is 106 cm³/mol. The first-order chi connectivity index (χ1) is 14.0. The molecule has 2 atom stereocenters. The highest BCUT2D eigenvalue weighted by molar-refractivity contribution is 6.22. The predicted octanol–water partition coefficient (Wildman–Crippen LogP) is 3.32. The summed E-state index contributed by atoms with van der Waals surface area (Å²) in [5.41, 5.74) is 1.45. The first-order valence-corrected chi connectivity index (χ1v) is 9.58. The molecule has 2 aliphatic rings. The second-order valence-corrected chi connectivity index (χ2v) is 7.39. The second kappa shape index (κ2) is 7.50. The number of carbonyl (C=O) groups excluding carboxylic acids is 3. The largest absolute Gasteiger partial charge is 0.478 e. The SMILES string of the molecule is O=C(O)c1ccc(NC(=O)c2ccc(N3C(=O)[C@H]4CCCC[C@@H]4C3=O)cc2)cc1. The number of anilines is 2. The summed E-state index contributed by atoms with van der Waals surface area (Å²) in [6, 6.07) is 12.2. The minimum Gasteiger partial charge on any atom is -0.478 e. The molecule has 0 spiro atoms. The van der Waals surface area contributed by atoms with Gasteiger partial charge in [-0.05, 0) is 61.4 Å². The minimum absolute atomic E-state index is 0.132. The van der Waals surface area contributed by atoms with Gasteiger partial charge in [-0.3, -0.25) is 19.3 Å². The summed E-state index contributed by atoms with van der Waals surface area (Å²) in [6.07, 6.45) is 3.46. The summed E-state index contributed by atoms with van der Waals surface area (Å²) in [6.45, 7) is 0. The van der Waals surface area contributed by atoms with Gasteiger partial charge in [-0.1, -0.05) is 12.8 Å². The number of rotatable bonds is 4. The molecule has 1 aliphatic carbocycles. The lowest BCUT2D eigenvalue weighted by molar-refractivity contribution is -0.122. The highest BCUT2D eigenvalue weighted by Crippen LogP contribution is 2.40. The van der Waals surface area contributed by atoms with Crippen molar-refractivity contribution in [2.45, 2.75) is 25.7 Å². The van der Waals surface area contributed by atoms with E-state index < -0.39 is 5.97 Å². The Labute approximate surface area is 167 Å². The lowest BCUT2D eigenvalue weighted by Gasteiger charge is -2.19. The number of imide groups is 1. The number of nitrogens with one attached hydrogen (secondary N) is 1. The summed E-state index contributed by atoms with van der Waals surface area (Å²) in [5, 5.41) is 11.6. The van der Waals surface area contributed by atoms with E-state index in [1.54, 1.807) is 24.3 Å². The van der Waals surface area contributed by atoms with Crippen molar-refractivity contribution in [3.63, 3.8) is 0 Å².